The van der Waals surface area contributed by atoms with Crippen LogP contribution >= 0.6 is 15.9 Å². The molecule has 2 rings (SSSR count). The van der Waals surface area contributed by atoms with Gasteiger partial charge in [-0.3, -0.25) is 4.79 Å². The van der Waals surface area contributed by atoms with Crippen LogP contribution in [0.2, 0.25) is 0 Å². The van der Waals surface area contributed by atoms with Gasteiger partial charge in [-0.15, -0.1) is 0 Å². The summed E-state index contributed by atoms with van der Waals surface area (Å²) in [4.78, 5) is 15.8. The number of anilines is 1. The fourth-order valence-corrected chi connectivity index (χ4v) is 2.47. The molecule has 1 amide bonds. The van der Waals surface area contributed by atoms with E-state index in [4.69, 9.17) is 5.53 Å². The van der Waals surface area contributed by atoms with Gasteiger partial charge in [0.05, 0.1) is 10.2 Å². The molecule has 1 aliphatic heterocycles. The zero-order valence-electron chi connectivity index (χ0n) is 9.68. The quantitative estimate of drug-likeness (QED) is 0.362. The summed E-state index contributed by atoms with van der Waals surface area (Å²) in [6, 6.07) is 1.84. The predicted molar refractivity (Wildman–Crippen MR) is 68.5 cm³/mol. The Labute approximate surface area is 116 Å². The molecule has 8 heteroatoms. The number of benzene rings is 1. The minimum Gasteiger partial charge on any atom is -0.311 e. The van der Waals surface area contributed by atoms with Gasteiger partial charge < -0.3 is 4.90 Å². The molecule has 0 aromatic heterocycles. The Kier molecular flexibility index (Phi) is 4.01. The largest absolute Gasteiger partial charge is 0.311 e. The van der Waals surface area contributed by atoms with Crippen molar-refractivity contribution >= 4 is 27.5 Å². The SMILES string of the molecule is [N-]=[N+]=NCC1CC(=O)N(c2cc(F)cc(F)c2Br)C1. The van der Waals surface area contributed by atoms with Crippen molar-refractivity contribution in [3.63, 3.8) is 0 Å². The third-order valence-electron chi connectivity index (χ3n) is 2.87. The molecule has 0 aliphatic carbocycles. The van der Waals surface area contributed by atoms with Gasteiger partial charge in [0.1, 0.15) is 11.6 Å². The Morgan fingerprint density at radius 3 is 2.95 bits per heavy atom. The number of amides is 1. The fraction of sp³-hybridized carbons (Fsp3) is 0.364. The molecule has 1 aromatic rings. The van der Waals surface area contributed by atoms with E-state index in [9.17, 15) is 13.6 Å². The van der Waals surface area contributed by atoms with Crippen LogP contribution in [0.15, 0.2) is 21.7 Å². The third-order valence-corrected chi connectivity index (χ3v) is 3.66. The zero-order valence-corrected chi connectivity index (χ0v) is 11.3. The summed E-state index contributed by atoms with van der Waals surface area (Å²) in [5, 5.41) is 3.42. The van der Waals surface area contributed by atoms with E-state index >= 15 is 0 Å². The maximum absolute atomic E-state index is 13.4. The van der Waals surface area contributed by atoms with Crippen molar-refractivity contribution in [1.82, 2.24) is 0 Å². The lowest BCUT2D eigenvalue weighted by atomic mass is 10.1. The molecule has 1 saturated heterocycles. The van der Waals surface area contributed by atoms with Crippen LogP contribution < -0.4 is 4.90 Å². The highest BCUT2D eigenvalue weighted by molar-refractivity contribution is 9.10. The fourth-order valence-electron chi connectivity index (χ4n) is 2.03. The van der Waals surface area contributed by atoms with Crippen molar-refractivity contribution in [3.8, 4) is 0 Å². The molecule has 5 nitrogen and oxygen atoms in total. The van der Waals surface area contributed by atoms with Crippen LogP contribution in [-0.2, 0) is 4.79 Å². The molecule has 100 valence electrons. The summed E-state index contributed by atoms with van der Waals surface area (Å²) in [6.45, 7) is 0.466. The normalized spacial score (nSPS) is 18.6. The topological polar surface area (TPSA) is 69.1 Å². The van der Waals surface area contributed by atoms with Crippen molar-refractivity contribution < 1.29 is 13.6 Å². The van der Waals surface area contributed by atoms with Gasteiger partial charge in [-0.1, -0.05) is 5.11 Å². The Balaban J connectivity index is 2.28. The lowest BCUT2D eigenvalue weighted by Gasteiger charge is -2.18. The number of carbonyl (C=O) groups excluding carboxylic acids is 1. The second kappa shape index (κ2) is 5.54. The van der Waals surface area contributed by atoms with Gasteiger partial charge in [0.25, 0.3) is 0 Å². The number of hydrogen-bond acceptors (Lipinski definition) is 2. The second-order valence-corrected chi connectivity index (χ2v) is 5.00. The molecular weight excluding hydrogens is 322 g/mol. The number of hydrogen-bond donors (Lipinski definition) is 0. The molecule has 1 aromatic carbocycles. The first-order valence-corrected chi connectivity index (χ1v) is 6.28. The van der Waals surface area contributed by atoms with E-state index in [0.29, 0.717) is 0 Å². The number of halogens is 3. The molecule has 19 heavy (non-hydrogen) atoms. The highest BCUT2D eigenvalue weighted by Gasteiger charge is 2.32. The first-order valence-electron chi connectivity index (χ1n) is 5.48. The Morgan fingerprint density at radius 2 is 2.26 bits per heavy atom. The van der Waals surface area contributed by atoms with Gasteiger partial charge in [0, 0.05) is 30.5 Å². The van der Waals surface area contributed by atoms with Gasteiger partial charge in [-0.05, 0) is 33.4 Å². The third kappa shape index (κ3) is 2.85. The highest BCUT2D eigenvalue weighted by Crippen LogP contribution is 2.34. The number of rotatable bonds is 3. The van der Waals surface area contributed by atoms with Gasteiger partial charge in [-0.25, -0.2) is 8.78 Å². The Hall–Kier alpha value is -1.66. The van der Waals surface area contributed by atoms with Crippen molar-refractivity contribution in [1.29, 1.82) is 0 Å². The minimum atomic E-state index is -0.763. The van der Waals surface area contributed by atoms with Crippen LogP contribution in [0.5, 0.6) is 0 Å². The minimum absolute atomic E-state index is 0.0479. The first kappa shape index (κ1) is 13.8. The van der Waals surface area contributed by atoms with E-state index in [2.05, 4.69) is 26.0 Å². The van der Waals surface area contributed by atoms with Crippen LogP contribution in [0, 0.1) is 17.6 Å². The lowest BCUT2D eigenvalue weighted by molar-refractivity contribution is -0.117. The number of azide groups is 1. The van der Waals surface area contributed by atoms with Crippen LogP contribution in [0.4, 0.5) is 14.5 Å². The van der Waals surface area contributed by atoms with E-state index in [1.54, 1.807) is 0 Å². The van der Waals surface area contributed by atoms with E-state index < -0.39 is 11.6 Å². The standard InChI is InChI=1S/C11H9BrF2N4O/c12-11-8(14)2-7(13)3-9(11)18-5-6(1-10(18)19)4-16-17-15/h2-3,6H,1,4-5H2. The summed E-state index contributed by atoms with van der Waals surface area (Å²) < 4.78 is 26.7. The molecule has 0 spiro atoms. The van der Waals surface area contributed by atoms with Crippen molar-refractivity contribution in [2.45, 2.75) is 6.42 Å². The maximum atomic E-state index is 13.4. The molecule has 0 bridgehead atoms. The van der Waals surface area contributed by atoms with Gasteiger partial charge >= 0.3 is 0 Å². The lowest BCUT2D eigenvalue weighted by Crippen LogP contribution is -2.25. The Morgan fingerprint density at radius 1 is 1.53 bits per heavy atom. The summed E-state index contributed by atoms with van der Waals surface area (Å²) in [7, 11) is 0. The van der Waals surface area contributed by atoms with Crippen LogP contribution in [-0.4, -0.2) is 19.0 Å². The highest BCUT2D eigenvalue weighted by atomic mass is 79.9. The van der Waals surface area contributed by atoms with Gasteiger partial charge in [0.15, 0.2) is 0 Å². The Bertz CT molecular complexity index is 574. The van der Waals surface area contributed by atoms with E-state index in [1.807, 2.05) is 0 Å². The molecule has 0 radical (unpaired) electrons. The molecule has 1 heterocycles. The number of nitrogens with zero attached hydrogens (tertiary/aromatic N) is 4. The smallest absolute Gasteiger partial charge is 0.227 e. The second-order valence-electron chi connectivity index (χ2n) is 4.21. The van der Waals surface area contributed by atoms with E-state index in [0.717, 1.165) is 12.1 Å². The molecule has 1 unspecified atom stereocenters. The average molecular weight is 331 g/mol. The summed E-state index contributed by atoms with van der Waals surface area (Å²) in [6.07, 6.45) is 0.198. The summed E-state index contributed by atoms with van der Waals surface area (Å²) in [5.41, 5.74) is 8.40. The zero-order chi connectivity index (χ0) is 14.0. The molecule has 1 fully saturated rings. The van der Waals surface area contributed by atoms with Crippen molar-refractivity contribution in [2.75, 3.05) is 18.0 Å². The molecule has 0 N–H and O–H groups in total. The summed E-state index contributed by atoms with van der Waals surface area (Å²) in [5.74, 6) is -1.89. The van der Waals surface area contributed by atoms with Crippen molar-refractivity contribution in [3.05, 3.63) is 38.7 Å². The first-order chi connectivity index (χ1) is 9.02. The average Bonchev–Trinajstić information content (AvgIpc) is 2.72. The van der Waals surface area contributed by atoms with E-state index in [1.165, 1.54) is 4.90 Å². The van der Waals surface area contributed by atoms with Gasteiger partial charge in [0.2, 0.25) is 5.91 Å². The van der Waals surface area contributed by atoms with Crippen molar-refractivity contribution in [2.24, 2.45) is 11.0 Å². The monoisotopic (exact) mass is 330 g/mol. The maximum Gasteiger partial charge on any atom is 0.227 e. The van der Waals surface area contributed by atoms with Crippen LogP contribution in [0.1, 0.15) is 6.42 Å². The molecule has 1 atom stereocenters. The molecular formula is C11H9BrF2N4O. The van der Waals surface area contributed by atoms with Crippen LogP contribution in [0.3, 0.4) is 0 Å². The number of carbonyl (C=O) groups is 1. The summed E-state index contributed by atoms with van der Waals surface area (Å²) >= 11 is 3.01. The predicted octanol–water partition coefficient (Wildman–Crippen LogP) is 3.39. The van der Waals surface area contributed by atoms with E-state index in [-0.39, 0.29) is 41.5 Å². The van der Waals surface area contributed by atoms with Gasteiger partial charge in [-0.2, -0.15) is 0 Å². The van der Waals surface area contributed by atoms with Crippen LogP contribution in [0.25, 0.3) is 10.4 Å². The molecule has 1 aliphatic rings. The molecule has 0 saturated carbocycles.